The zero-order valence-corrected chi connectivity index (χ0v) is 45.9. The minimum atomic E-state index is -1.27. The van der Waals surface area contributed by atoms with Gasteiger partial charge in [-0.1, -0.05) is 60.7 Å². The molecule has 0 bridgehead atoms. The second-order valence-electron chi connectivity index (χ2n) is 18.9. The molecule has 6 atom stereocenters. The van der Waals surface area contributed by atoms with Crippen LogP contribution in [0.1, 0.15) is 148 Å². The van der Waals surface area contributed by atoms with Crippen LogP contribution in [-0.2, 0) is 23.7 Å². The van der Waals surface area contributed by atoms with E-state index in [1.54, 1.807) is 26.0 Å². The van der Waals surface area contributed by atoms with E-state index in [1.165, 1.54) is 45.4 Å². The zero-order chi connectivity index (χ0) is 51.4. The summed E-state index contributed by atoms with van der Waals surface area (Å²) in [7, 11) is 0.879. The number of piperidine rings is 2. The van der Waals surface area contributed by atoms with E-state index in [0.717, 1.165) is 88.7 Å². The van der Waals surface area contributed by atoms with Gasteiger partial charge in [0.15, 0.2) is 11.6 Å². The summed E-state index contributed by atoms with van der Waals surface area (Å²) < 4.78 is 40.2. The Morgan fingerprint density at radius 2 is 1.03 bits per heavy atom. The Morgan fingerprint density at radius 3 is 1.45 bits per heavy atom. The standard InChI is InChI=1S/C25H29FN2O.C24H27FN2O.C4H8BO4.C3H6O.Na/c1-16(28-17(2)25(18(3)29)22-7-5-6-8-23(22)28)20-13-14-27(4)24(15-20)19-9-11-21(26)12-10-19;1-15(19-12-13-26-22(14-19)18-8-10-20(25)11-9-18)27-16(2)24(17(3)28)21-6-4-5-7-23(21)27;1-3(6)8-5-9-4(2)7;1-3(2)4;/h5-12,16,20,24H,13-15H2,1-4H3;4-11,15,19,22,26H,12-14H2,1-3H3;5H2,1-2H3;1-2H3;/q;;-1;;+1. The van der Waals surface area contributed by atoms with Gasteiger partial charge in [-0.25, -0.2) is 8.78 Å². The first kappa shape index (κ1) is 58.3. The molecular weight excluding hydrogens is 912 g/mol. The fraction of sp³-hybridized carbons (Fsp3) is 0.411. The Balaban J connectivity index is 0.000000245. The normalized spacial score (nSPS) is 18.4. The van der Waals surface area contributed by atoms with Crippen LogP contribution in [0.4, 0.5) is 8.78 Å². The molecule has 2 fully saturated rings. The predicted molar refractivity (Wildman–Crippen MR) is 276 cm³/mol. The van der Waals surface area contributed by atoms with Gasteiger partial charge in [-0.15, -0.1) is 0 Å². The average Bonchev–Trinajstić information content (AvgIpc) is 3.79. The Labute approximate surface area is 440 Å². The Kier molecular flexibility index (Phi) is 22.2. The Morgan fingerprint density at radius 1 is 0.620 bits per heavy atom. The second-order valence-corrected chi connectivity index (χ2v) is 18.9. The second kappa shape index (κ2) is 27.0. The number of halogens is 2. The first-order valence-corrected chi connectivity index (χ1v) is 24.3. The summed E-state index contributed by atoms with van der Waals surface area (Å²) >= 11 is 0. The quantitative estimate of drug-likeness (QED) is 0.107. The summed E-state index contributed by atoms with van der Waals surface area (Å²) in [6.45, 7) is 19.5. The molecule has 4 aromatic carbocycles. The number of aromatic nitrogens is 2. The SMILES string of the molecule is CC(=O)O[BH2-]OC(C)=O.CC(=O)c1c(C)n(C(C)C2CCN(C)C(c3ccc(F)cc3)C2)c2ccccc12.CC(=O)c1c(C)n(C(C)C2CCNC(c3ccc(F)cc3)C2)c2ccccc12.CC(C)=O.[Na+]. The number of hydrogen-bond acceptors (Lipinski definition) is 9. The molecule has 0 aliphatic carbocycles. The number of nitrogens with zero attached hydrogens (tertiary/aromatic N) is 3. The van der Waals surface area contributed by atoms with Crippen LogP contribution in [0.2, 0.25) is 0 Å². The third-order valence-corrected chi connectivity index (χ3v) is 13.8. The molecule has 374 valence electrons. The van der Waals surface area contributed by atoms with Crippen molar-refractivity contribution >= 4 is 58.8 Å². The molecule has 0 saturated carbocycles. The van der Waals surface area contributed by atoms with Crippen LogP contribution in [0.3, 0.4) is 0 Å². The monoisotopic (exact) mass is 983 g/mol. The molecule has 1 N–H and O–H groups in total. The van der Waals surface area contributed by atoms with Crippen LogP contribution in [-0.4, -0.2) is 71.1 Å². The van der Waals surface area contributed by atoms with Crippen LogP contribution in [0.15, 0.2) is 97.1 Å². The third kappa shape index (κ3) is 15.1. The smallest absolute Gasteiger partial charge is 0.661 e. The molecule has 2 aliphatic heterocycles. The number of rotatable bonds is 10. The van der Waals surface area contributed by atoms with E-state index in [4.69, 9.17) is 0 Å². The van der Waals surface area contributed by atoms with Crippen molar-refractivity contribution in [2.24, 2.45) is 11.8 Å². The van der Waals surface area contributed by atoms with Crippen LogP contribution >= 0.6 is 0 Å². The molecule has 6 aromatic rings. The zero-order valence-electron chi connectivity index (χ0n) is 43.9. The van der Waals surface area contributed by atoms with Crippen molar-refractivity contribution < 1.29 is 71.6 Å². The number of hydrogen-bond donors (Lipinski definition) is 1. The van der Waals surface area contributed by atoms with Gasteiger partial charge >= 0.3 is 37.2 Å². The molecule has 11 nitrogen and oxygen atoms in total. The number of carbonyl (C=O) groups excluding carboxylic acids is 5. The summed E-state index contributed by atoms with van der Waals surface area (Å²) in [5.41, 5.74) is 8.37. The average molecular weight is 983 g/mol. The van der Waals surface area contributed by atoms with E-state index in [1.807, 2.05) is 54.6 Å². The molecular formula is C56H70BF2N4NaO7. The minimum absolute atomic E-state index is 0. The molecule has 0 radical (unpaired) electrons. The number of ketones is 3. The topological polar surface area (TPSA) is 129 Å². The van der Waals surface area contributed by atoms with E-state index in [0.29, 0.717) is 11.8 Å². The maximum atomic E-state index is 13.4. The van der Waals surface area contributed by atoms with Crippen LogP contribution in [0.5, 0.6) is 0 Å². The largest absolute Gasteiger partial charge is 1.00 e. The van der Waals surface area contributed by atoms with Crippen molar-refractivity contribution in [3.8, 4) is 0 Å². The van der Waals surface area contributed by atoms with Gasteiger partial charge in [0.1, 0.15) is 17.4 Å². The molecule has 8 rings (SSSR count). The van der Waals surface area contributed by atoms with Crippen molar-refractivity contribution in [3.63, 3.8) is 0 Å². The van der Waals surface area contributed by atoms with E-state index < -0.39 is 19.6 Å². The van der Waals surface area contributed by atoms with Gasteiger partial charge < -0.3 is 28.6 Å². The van der Waals surface area contributed by atoms with Crippen LogP contribution < -0.4 is 34.9 Å². The molecule has 2 aromatic heterocycles. The van der Waals surface area contributed by atoms with Gasteiger partial charge in [-0.3, -0.25) is 24.1 Å². The third-order valence-electron chi connectivity index (χ3n) is 13.8. The van der Waals surface area contributed by atoms with Gasteiger partial charge in [-0.2, -0.15) is 0 Å². The predicted octanol–water partition coefficient (Wildman–Crippen LogP) is 8.24. The van der Waals surface area contributed by atoms with E-state index in [-0.39, 0.29) is 82.7 Å². The summed E-state index contributed by atoms with van der Waals surface area (Å²) in [6, 6.07) is 31.3. The molecule has 6 unspecified atom stereocenters. The molecule has 0 amide bonds. The fourth-order valence-electron chi connectivity index (χ4n) is 10.4. The Hall–Kier alpha value is -5.25. The van der Waals surface area contributed by atoms with Crippen molar-refractivity contribution in [2.75, 3.05) is 20.1 Å². The first-order valence-electron chi connectivity index (χ1n) is 24.3. The maximum Gasteiger partial charge on any atom is 1.00 e. The molecule has 15 heteroatoms. The van der Waals surface area contributed by atoms with E-state index in [2.05, 4.69) is 81.6 Å². The summed E-state index contributed by atoms with van der Waals surface area (Å²) in [5, 5.41) is 5.67. The summed E-state index contributed by atoms with van der Waals surface area (Å²) in [4.78, 5) is 56.6. The van der Waals surface area contributed by atoms with Gasteiger partial charge in [0.05, 0.1) is 0 Å². The van der Waals surface area contributed by atoms with Crippen molar-refractivity contribution in [3.05, 3.63) is 142 Å². The van der Waals surface area contributed by atoms with Gasteiger partial charge in [0, 0.05) is 82.3 Å². The molecule has 71 heavy (non-hydrogen) atoms. The number of nitrogens with one attached hydrogen (secondary N) is 1. The molecule has 4 heterocycles. The number of benzene rings is 4. The van der Waals surface area contributed by atoms with Crippen LogP contribution in [0.25, 0.3) is 21.8 Å². The maximum absolute atomic E-state index is 13.4. The number of Topliss-reactive ketones (excluding diaryl/α,β-unsaturated/α-hetero) is 3. The van der Waals surface area contributed by atoms with Crippen molar-refractivity contribution in [2.45, 2.75) is 119 Å². The number of para-hydroxylation sites is 2. The molecule has 2 saturated heterocycles. The number of fused-ring (bicyclic) bond motifs is 2. The molecule has 2 aliphatic rings. The fourth-order valence-corrected chi connectivity index (χ4v) is 10.4. The first-order chi connectivity index (χ1) is 33.2. The van der Waals surface area contributed by atoms with Gasteiger partial charge in [-0.05, 0) is 161 Å². The number of carbonyl (C=O) groups is 5. The van der Waals surface area contributed by atoms with Crippen molar-refractivity contribution in [1.29, 1.82) is 0 Å². The molecule has 0 spiro atoms. The van der Waals surface area contributed by atoms with E-state index >= 15 is 0 Å². The van der Waals surface area contributed by atoms with Crippen molar-refractivity contribution in [1.82, 2.24) is 19.4 Å². The summed E-state index contributed by atoms with van der Waals surface area (Å²) in [5.74, 6) is 0.166. The minimum Gasteiger partial charge on any atom is -0.661 e. The van der Waals surface area contributed by atoms with Gasteiger partial charge in [0.2, 0.25) is 0 Å². The van der Waals surface area contributed by atoms with Crippen LogP contribution in [0, 0.1) is 37.3 Å². The van der Waals surface area contributed by atoms with E-state index in [9.17, 15) is 32.8 Å². The Bertz CT molecular complexity index is 2760. The summed E-state index contributed by atoms with van der Waals surface area (Å²) in [6.07, 6.45) is 4.20. The number of likely N-dealkylation sites (tertiary alicyclic amines) is 1. The van der Waals surface area contributed by atoms with Gasteiger partial charge in [0.25, 0.3) is 11.9 Å².